The molecule has 1 heterocycles. The molecule has 5 heteroatoms. The van der Waals surface area contributed by atoms with Crippen LogP contribution >= 0.6 is 23.8 Å². The Hall–Kier alpha value is -1.65. The second kappa shape index (κ2) is 4.92. The SMILES string of the molecule is Clc1ccc(C2=NOSN2c2ccccc2)cc1. The van der Waals surface area contributed by atoms with E-state index in [2.05, 4.69) is 5.16 Å². The maximum absolute atomic E-state index is 5.88. The Bertz CT molecular complexity index is 571. The van der Waals surface area contributed by atoms with Crippen LogP contribution < -0.4 is 4.31 Å². The standard InChI is InChI=1S/C13H9ClN2OS/c14-11-8-6-10(7-9-11)13-15-17-18-16(13)12-4-2-1-3-5-12/h1-9H. The van der Waals surface area contributed by atoms with Gasteiger partial charge in [0.05, 0.1) is 5.69 Å². The number of nitrogens with zero attached hydrogens (tertiary/aromatic N) is 2. The molecule has 1 aliphatic rings. The van der Waals surface area contributed by atoms with E-state index in [4.69, 9.17) is 15.9 Å². The largest absolute Gasteiger partial charge is 0.297 e. The van der Waals surface area contributed by atoms with Gasteiger partial charge in [-0.25, -0.2) is 4.31 Å². The summed E-state index contributed by atoms with van der Waals surface area (Å²) in [5, 5.41) is 4.76. The first kappa shape index (κ1) is 11.4. The molecular weight excluding hydrogens is 268 g/mol. The van der Waals surface area contributed by atoms with E-state index in [0.717, 1.165) is 17.1 Å². The number of anilines is 1. The highest BCUT2D eigenvalue weighted by Crippen LogP contribution is 2.31. The highest BCUT2D eigenvalue weighted by atomic mass is 35.5. The molecule has 0 saturated heterocycles. The van der Waals surface area contributed by atoms with E-state index in [1.165, 1.54) is 12.2 Å². The molecule has 0 aliphatic carbocycles. The van der Waals surface area contributed by atoms with E-state index in [1.807, 2.05) is 58.9 Å². The fourth-order valence-corrected chi connectivity index (χ4v) is 2.37. The Morgan fingerprint density at radius 2 is 1.72 bits per heavy atom. The van der Waals surface area contributed by atoms with E-state index in [0.29, 0.717) is 5.02 Å². The zero-order valence-electron chi connectivity index (χ0n) is 9.29. The third-order valence-electron chi connectivity index (χ3n) is 2.52. The summed E-state index contributed by atoms with van der Waals surface area (Å²) in [5.74, 6) is 0.767. The Balaban J connectivity index is 1.94. The Morgan fingerprint density at radius 3 is 2.44 bits per heavy atom. The molecule has 90 valence electrons. The number of halogens is 1. The van der Waals surface area contributed by atoms with Crippen molar-refractivity contribution in [2.24, 2.45) is 5.16 Å². The topological polar surface area (TPSA) is 24.8 Å². The van der Waals surface area contributed by atoms with Crippen LogP contribution in [0.25, 0.3) is 0 Å². The van der Waals surface area contributed by atoms with Gasteiger partial charge in [-0.05, 0) is 41.6 Å². The third-order valence-corrected chi connectivity index (χ3v) is 3.44. The van der Waals surface area contributed by atoms with Crippen molar-refractivity contribution in [3.05, 3.63) is 65.2 Å². The molecule has 3 rings (SSSR count). The van der Waals surface area contributed by atoms with Crippen LogP contribution in [0.2, 0.25) is 5.02 Å². The van der Waals surface area contributed by atoms with Gasteiger partial charge in [0.2, 0.25) is 12.2 Å². The number of hydrogen-bond acceptors (Lipinski definition) is 4. The molecule has 0 amide bonds. The lowest BCUT2D eigenvalue weighted by atomic mass is 10.2. The molecular formula is C13H9ClN2OS. The molecule has 18 heavy (non-hydrogen) atoms. The van der Waals surface area contributed by atoms with Crippen LogP contribution in [0.4, 0.5) is 5.69 Å². The number of oxime groups is 1. The highest BCUT2D eigenvalue weighted by Gasteiger charge is 2.24. The summed E-state index contributed by atoms with van der Waals surface area (Å²) in [7, 11) is 0. The van der Waals surface area contributed by atoms with Gasteiger partial charge in [0.1, 0.15) is 0 Å². The molecule has 3 nitrogen and oxygen atoms in total. The van der Waals surface area contributed by atoms with Crippen molar-refractivity contribution in [1.82, 2.24) is 0 Å². The van der Waals surface area contributed by atoms with Crippen molar-refractivity contribution in [3.8, 4) is 0 Å². The van der Waals surface area contributed by atoms with Crippen molar-refractivity contribution < 1.29 is 4.28 Å². The van der Waals surface area contributed by atoms with Crippen LogP contribution in [0.15, 0.2) is 59.8 Å². The predicted octanol–water partition coefficient (Wildman–Crippen LogP) is 4.10. The molecule has 0 atom stereocenters. The summed E-state index contributed by atoms with van der Waals surface area (Å²) in [4.78, 5) is 0. The molecule has 1 aliphatic heterocycles. The zero-order valence-corrected chi connectivity index (χ0v) is 10.9. The van der Waals surface area contributed by atoms with E-state index in [-0.39, 0.29) is 0 Å². The zero-order chi connectivity index (χ0) is 12.4. The molecule has 0 saturated carbocycles. The number of hydrogen-bond donors (Lipinski definition) is 0. The first-order chi connectivity index (χ1) is 8.84. The molecule has 0 unspecified atom stereocenters. The third kappa shape index (κ3) is 2.17. The summed E-state index contributed by atoms with van der Waals surface area (Å²) >= 11 is 7.08. The molecule has 0 aromatic heterocycles. The second-order valence-electron chi connectivity index (χ2n) is 3.70. The number of benzene rings is 2. The van der Waals surface area contributed by atoms with Crippen molar-refractivity contribution in [2.45, 2.75) is 0 Å². The minimum atomic E-state index is 0.706. The van der Waals surface area contributed by atoms with Crippen molar-refractivity contribution in [1.29, 1.82) is 0 Å². The first-order valence-electron chi connectivity index (χ1n) is 5.37. The molecule has 2 aromatic rings. The lowest BCUT2D eigenvalue weighted by Crippen LogP contribution is -2.20. The van der Waals surface area contributed by atoms with Gasteiger partial charge in [-0.3, -0.25) is 4.28 Å². The monoisotopic (exact) mass is 276 g/mol. The highest BCUT2D eigenvalue weighted by molar-refractivity contribution is 7.97. The van der Waals surface area contributed by atoms with Crippen LogP contribution in [0.5, 0.6) is 0 Å². The van der Waals surface area contributed by atoms with Crippen LogP contribution in [-0.4, -0.2) is 5.84 Å². The van der Waals surface area contributed by atoms with E-state index in [1.54, 1.807) is 0 Å². The maximum atomic E-state index is 5.88. The van der Waals surface area contributed by atoms with Crippen LogP contribution in [0.3, 0.4) is 0 Å². The van der Waals surface area contributed by atoms with Gasteiger partial charge in [0.15, 0.2) is 5.84 Å². The summed E-state index contributed by atoms with van der Waals surface area (Å²) in [6.45, 7) is 0. The quantitative estimate of drug-likeness (QED) is 0.610. The smallest absolute Gasteiger partial charge is 0.216 e. The lowest BCUT2D eigenvalue weighted by molar-refractivity contribution is 0.416. The number of rotatable bonds is 2. The molecule has 0 fully saturated rings. The van der Waals surface area contributed by atoms with Crippen molar-refractivity contribution >= 4 is 35.4 Å². The number of para-hydroxylation sites is 1. The minimum Gasteiger partial charge on any atom is -0.297 e. The fourth-order valence-electron chi connectivity index (χ4n) is 1.66. The van der Waals surface area contributed by atoms with E-state index < -0.39 is 0 Å². The van der Waals surface area contributed by atoms with Crippen LogP contribution in [0.1, 0.15) is 5.56 Å². The van der Waals surface area contributed by atoms with Gasteiger partial charge in [0, 0.05) is 10.6 Å². The lowest BCUT2D eigenvalue weighted by Gasteiger charge is -2.14. The molecule has 0 spiro atoms. The average Bonchev–Trinajstić information content (AvgIpc) is 2.90. The maximum Gasteiger partial charge on any atom is 0.216 e. The normalized spacial score (nSPS) is 14.3. The Kier molecular flexibility index (Phi) is 3.13. The summed E-state index contributed by atoms with van der Waals surface area (Å²) in [6.07, 6.45) is 0. The fraction of sp³-hybridized carbons (Fsp3) is 0. The van der Waals surface area contributed by atoms with E-state index in [9.17, 15) is 0 Å². The van der Waals surface area contributed by atoms with E-state index >= 15 is 0 Å². The Labute approximate surface area is 114 Å². The van der Waals surface area contributed by atoms with Crippen LogP contribution in [-0.2, 0) is 4.28 Å². The van der Waals surface area contributed by atoms with Crippen molar-refractivity contribution in [2.75, 3.05) is 4.31 Å². The van der Waals surface area contributed by atoms with Gasteiger partial charge in [-0.1, -0.05) is 29.8 Å². The van der Waals surface area contributed by atoms with Gasteiger partial charge in [-0.2, -0.15) is 0 Å². The molecule has 2 aromatic carbocycles. The summed E-state index contributed by atoms with van der Waals surface area (Å²) in [5.41, 5.74) is 1.99. The first-order valence-corrected chi connectivity index (χ1v) is 6.45. The number of amidine groups is 1. The average molecular weight is 277 g/mol. The Morgan fingerprint density at radius 1 is 1.00 bits per heavy atom. The van der Waals surface area contributed by atoms with Gasteiger partial charge < -0.3 is 0 Å². The molecule has 0 radical (unpaired) electrons. The molecule has 0 bridgehead atoms. The van der Waals surface area contributed by atoms with Crippen molar-refractivity contribution in [3.63, 3.8) is 0 Å². The summed E-state index contributed by atoms with van der Waals surface area (Å²) in [6, 6.07) is 17.5. The summed E-state index contributed by atoms with van der Waals surface area (Å²) < 4.78 is 7.04. The van der Waals surface area contributed by atoms with Gasteiger partial charge in [0.25, 0.3) is 0 Å². The minimum absolute atomic E-state index is 0.706. The molecule has 0 N–H and O–H groups in total. The van der Waals surface area contributed by atoms with Crippen LogP contribution in [0, 0.1) is 0 Å². The van der Waals surface area contributed by atoms with Gasteiger partial charge in [-0.15, -0.1) is 0 Å². The second-order valence-corrected chi connectivity index (χ2v) is 4.80. The predicted molar refractivity (Wildman–Crippen MR) is 75.6 cm³/mol. The van der Waals surface area contributed by atoms with Gasteiger partial charge >= 0.3 is 0 Å².